The number of aromatic hydroxyl groups is 1. The second-order valence-corrected chi connectivity index (χ2v) is 2.35. The van der Waals surface area contributed by atoms with Gasteiger partial charge in [0.05, 0.1) is 0 Å². The molecule has 0 saturated carbocycles. The summed E-state index contributed by atoms with van der Waals surface area (Å²) in [7, 11) is 0. The van der Waals surface area contributed by atoms with Crippen LogP contribution in [0.15, 0.2) is 36.5 Å². The van der Waals surface area contributed by atoms with Crippen LogP contribution in [-0.2, 0) is 26.2 Å². The Hall–Kier alpha value is -0.687. The van der Waals surface area contributed by atoms with E-state index in [0.29, 0.717) is 5.52 Å². The Labute approximate surface area is 89.4 Å². The molecule has 2 rings (SSSR count). The predicted molar refractivity (Wildman–Crippen MR) is 43.4 cm³/mol. The van der Waals surface area contributed by atoms with Gasteiger partial charge in [0, 0.05) is 37.8 Å². The Balaban J connectivity index is 0.000000720. The van der Waals surface area contributed by atoms with E-state index in [2.05, 4.69) is 4.98 Å². The van der Waals surface area contributed by atoms with E-state index < -0.39 is 0 Å². The normalized spacial score (nSPS) is 9.33. The Kier molecular flexibility index (Phi) is 2.99. The maximum absolute atomic E-state index is 9.31. The second kappa shape index (κ2) is 3.81. The molecule has 0 fully saturated rings. The minimum Gasteiger partial charge on any atom is -0.506 e. The quantitative estimate of drug-likeness (QED) is 0.755. The van der Waals surface area contributed by atoms with Crippen LogP contribution in [0.2, 0.25) is 0 Å². The van der Waals surface area contributed by atoms with Gasteiger partial charge < -0.3 is 5.11 Å². The van der Waals surface area contributed by atoms with Crippen molar-refractivity contribution in [2.24, 2.45) is 0 Å². The van der Waals surface area contributed by atoms with Crippen LogP contribution in [0.25, 0.3) is 10.9 Å². The fourth-order valence-electron chi connectivity index (χ4n) is 1.09. The molecule has 0 spiro atoms. The summed E-state index contributed by atoms with van der Waals surface area (Å²) < 4.78 is 0. The Morgan fingerprint density at radius 3 is 2.58 bits per heavy atom. The molecular weight excluding hydrogens is 227 g/mol. The molecule has 2 nitrogen and oxygen atoms in total. The zero-order valence-corrected chi connectivity index (χ0v) is 8.82. The maximum atomic E-state index is 9.31. The number of aromatic nitrogens is 1. The summed E-state index contributed by atoms with van der Waals surface area (Å²) in [5.74, 6) is 0.239. The summed E-state index contributed by atoms with van der Waals surface area (Å²) in [6.07, 6.45) is 1.67. The number of hydrogen-bond acceptors (Lipinski definition) is 2. The average Bonchev–Trinajstić information content (AvgIpc) is 2.06. The van der Waals surface area contributed by atoms with E-state index in [1.165, 1.54) is 0 Å². The fourth-order valence-corrected chi connectivity index (χ4v) is 1.09. The van der Waals surface area contributed by atoms with Gasteiger partial charge in [0.15, 0.2) is 0 Å². The van der Waals surface area contributed by atoms with E-state index >= 15 is 0 Å². The van der Waals surface area contributed by atoms with Gasteiger partial charge in [-0.1, -0.05) is 18.2 Å². The zero-order chi connectivity index (χ0) is 7.68. The molecule has 0 bridgehead atoms. The minimum absolute atomic E-state index is 0. The summed E-state index contributed by atoms with van der Waals surface area (Å²) in [5.41, 5.74) is 0.662. The van der Waals surface area contributed by atoms with Gasteiger partial charge in [-0.05, 0) is 12.1 Å². The third kappa shape index (κ3) is 1.56. The molecule has 1 aromatic carbocycles. The first-order valence-corrected chi connectivity index (χ1v) is 3.40. The number of benzene rings is 1. The monoisotopic (exact) mass is 234 g/mol. The van der Waals surface area contributed by atoms with Crippen molar-refractivity contribution in [3.05, 3.63) is 36.5 Å². The van der Waals surface area contributed by atoms with Gasteiger partial charge in [-0.3, -0.25) is 4.98 Å². The molecule has 3 heteroatoms. The number of pyridine rings is 1. The Bertz CT molecular complexity index is 384. The maximum Gasteiger partial charge on any atom is 0.141 e. The number of phenolic OH excluding ortho intramolecular Hbond substituents is 1. The molecule has 12 heavy (non-hydrogen) atoms. The Morgan fingerprint density at radius 1 is 1.08 bits per heavy atom. The van der Waals surface area contributed by atoms with Crippen LogP contribution in [-0.4, -0.2) is 10.1 Å². The van der Waals surface area contributed by atoms with E-state index in [9.17, 15) is 5.11 Å². The number of nitrogens with zero attached hydrogens (tertiary/aromatic N) is 1. The summed E-state index contributed by atoms with van der Waals surface area (Å²) in [6, 6.07) is 9.13. The molecule has 1 aromatic heterocycles. The molecule has 0 radical (unpaired) electrons. The van der Waals surface area contributed by atoms with E-state index in [1.54, 1.807) is 18.3 Å². The van der Waals surface area contributed by atoms with Gasteiger partial charge in [0.2, 0.25) is 0 Å². The minimum atomic E-state index is 0. The van der Waals surface area contributed by atoms with Crippen LogP contribution in [0.4, 0.5) is 0 Å². The smallest absolute Gasteiger partial charge is 0.141 e. The first-order chi connectivity index (χ1) is 5.38. The molecule has 1 heterocycles. The summed E-state index contributed by atoms with van der Waals surface area (Å²) >= 11 is 0. The predicted octanol–water partition coefficient (Wildman–Crippen LogP) is 1.94. The van der Waals surface area contributed by atoms with Crippen molar-refractivity contribution in [2.45, 2.75) is 0 Å². The average molecular weight is 234 g/mol. The molecule has 0 aliphatic heterocycles. The first kappa shape index (κ1) is 9.40. The molecule has 0 aliphatic rings. The largest absolute Gasteiger partial charge is 0.506 e. The molecule has 0 unspecified atom stereocenters. The van der Waals surface area contributed by atoms with Gasteiger partial charge in [0.1, 0.15) is 11.3 Å². The fraction of sp³-hybridized carbons (Fsp3) is 0. The zero-order valence-electron chi connectivity index (χ0n) is 6.36. The molecule has 2 aromatic rings. The third-order valence-corrected chi connectivity index (χ3v) is 1.61. The van der Waals surface area contributed by atoms with Crippen molar-refractivity contribution in [3.8, 4) is 5.75 Å². The molecule has 0 amide bonds. The first-order valence-electron chi connectivity index (χ1n) is 3.40. The van der Waals surface area contributed by atoms with Crippen LogP contribution >= 0.6 is 0 Å². The van der Waals surface area contributed by atoms with Gasteiger partial charge in [0.25, 0.3) is 0 Å². The van der Waals surface area contributed by atoms with Gasteiger partial charge >= 0.3 is 0 Å². The molecule has 0 saturated heterocycles. The molecule has 58 valence electrons. The van der Waals surface area contributed by atoms with Crippen LogP contribution in [0.1, 0.15) is 0 Å². The van der Waals surface area contributed by atoms with Crippen molar-refractivity contribution in [3.63, 3.8) is 0 Å². The summed E-state index contributed by atoms with van der Waals surface area (Å²) in [6.45, 7) is 0. The van der Waals surface area contributed by atoms with Gasteiger partial charge in [-0.2, -0.15) is 0 Å². The number of hydrogen-bond donors (Lipinski definition) is 1. The topological polar surface area (TPSA) is 33.1 Å². The SMILES string of the molecule is Oc1cccc2cccnc12.[89Zr]. The number of fused-ring (bicyclic) bond motifs is 1. The van der Waals surface area contributed by atoms with Crippen LogP contribution in [0.5, 0.6) is 5.75 Å². The van der Waals surface area contributed by atoms with Crippen molar-refractivity contribution in [1.29, 1.82) is 0 Å². The van der Waals surface area contributed by atoms with Gasteiger partial charge in [-0.25, -0.2) is 0 Å². The van der Waals surface area contributed by atoms with Gasteiger partial charge in [-0.15, -0.1) is 0 Å². The van der Waals surface area contributed by atoms with Crippen molar-refractivity contribution in [1.82, 2.24) is 4.98 Å². The van der Waals surface area contributed by atoms with Crippen LogP contribution in [0.3, 0.4) is 0 Å². The molecule has 1 N–H and O–H groups in total. The number of rotatable bonds is 0. The summed E-state index contributed by atoms with van der Waals surface area (Å²) in [4.78, 5) is 4.03. The van der Waals surface area contributed by atoms with E-state index in [0.717, 1.165) is 5.39 Å². The van der Waals surface area contributed by atoms with Crippen LogP contribution < -0.4 is 0 Å². The molecule has 0 atom stereocenters. The van der Waals surface area contributed by atoms with Crippen molar-refractivity contribution in [2.75, 3.05) is 0 Å². The third-order valence-electron chi connectivity index (χ3n) is 1.61. The second-order valence-electron chi connectivity index (χ2n) is 2.35. The van der Waals surface area contributed by atoms with Crippen LogP contribution in [0, 0.1) is 0 Å². The van der Waals surface area contributed by atoms with Crippen molar-refractivity contribution >= 4 is 10.9 Å². The van der Waals surface area contributed by atoms with E-state index in [1.807, 2.05) is 18.2 Å². The Morgan fingerprint density at radius 2 is 1.83 bits per heavy atom. The van der Waals surface area contributed by atoms with E-state index in [-0.39, 0.29) is 32.0 Å². The van der Waals surface area contributed by atoms with Crippen molar-refractivity contribution < 1.29 is 31.3 Å². The number of para-hydroxylation sites is 1. The number of phenols is 1. The standard InChI is InChI=1S/C9H7NO.Zr/c11-8-5-1-3-7-4-2-6-10-9(7)8;/h1-6,11H;/i;1-2. The summed E-state index contributed by atoms with van der Waals surface area (Å²) in [5, 5.41) is 10.3. The molecular formula is C9H7NOZr. The molecule has 0 aliphatic carbocycles. The van der Waals surface area contributed by atoms with E-state index in [4.69, 9.17) is 0 Å².